The number of hydrogen-bond donors (Lipinski definition) is 1. The van der Waals surface area contributed by atoms with Crippen molar-refractivity contribution in [1.29, 1.82) is 0 Å². The van der Waals surface area contributed by atoms with Gasteiger partial charge in [-0.1, -0.05) is 91.0 Å². The molecule has 0 saturated heterocycles. The zero-order valence-corrected chi connectivity index (χ0v) is 25.7. The minimum atomic E-state index is 0.0783. The Morgan fingerprint density at radius 3 is 1.98 bits per heavy atom. The van der Waals surface area contributed by atoms with Gasteiger partial charge in [0.1, 0.15) is 11.4 Å². The molecule has 224 valence electrons. The van der Waals surface area contributed by atoms with E-state index in [4.69, 9.17) is 9.97 Å². The maximum atomic E-state index is 10.9. The number of aromatic nitrogens is 4. The summed E-state index contributed by atoms with van der Waals surface area (Å²) in [7, 11) is 0. The quantitative estimate of drug-likeness (QED) is 0.205. The van der Waals surface area contributed by atoms with Gasteiger partial charge in [-0.25, -0.2) is 9.97 Å². The molecule has 0 atom stereocenters. The zero-order valence-electron chi connectivity index (χ0n) is 25.7. The highest BCUT2D eigenvalue weighted by atomic mass is 16.3. The third kappa shape index (κ3) is 5.24. The van der Waals surface area contributed by atoms with Gasteiger partial charge in [-0.15, -0.1) is 0 Å². The predicted molar refractivity (Wildman–Crippen MR) is 190 cm³/mol. The van der Waals surface area contributed by atoms with Gasteiger partial charge in [-0.3, -0.25) is 9.55 Å². The van der Waals surface area contributed by atoms with Crippen molar-refractivity contribution in [2.75, 3.05) is 0 Å². The second-order valence-electron chi connectivity index (χ2n) is 11.6. The van der Waals surface area contributed by atoms with E-state index in [-0.39, 0.29) is 5.75 Å². The SMILES string of the molecule is Cc1cnc(-c2cc(-c3ccccc3)cc(-c3cccc4c3nc(-c3ncccc3O)n4-c3ccccc3)c2)cc1-c1ccccc1. The van der Waals surface area contributed by atoms with Crippen molar-refractivity contribution < 1.29 is 5.11 Å². The van der Waals surface area contributed by atoms with Crippen LogP contribution in [0.25, 0.3) is 72.9 Å². The first-order valence-electron chi connectivity index (χ1n) is 15.6. The molecule has 0 amide bonds. The number of aromatic hydroxyl groups is 1. The van der Waals surface area contributed by atoms with Crippen LogP contribution in [0.15, 0.2) is 158 Å². The molecule has 5 aromatic carbocycles. The fourth-order valence-corrected chi connectivity index (χ4v) is 6.24. The standard InChI is InChI=1S/C42H30N4O/c1-28-27-44-37(26-36(28)30-15-7-3-8-16-30)33-24-31(29-13-5-2-6-14-29)23-32(25-33)35-19-11-20-38-40(35)45-42(41-39(47)21-12-22-43-41)46(38)34-17-9-4-10-18-34/h2-27,47H,1H3. The third-order valence-electron chi connectivity index (χ3n) is 8.53. The maximum Gasteiger partial charge on any atom is 0.168 e. The Bertz CT molecular complexity index is 2370. The van der Waals surface area contributed by atoms with E-state index in [1.54, 1.807) is 18.3 Å². The van der Waals surface area contributed by atoms with E-state index in [1.165, 1.54) is 0 Å². The third-order valence-corrected chi connectivity index (χ3v) is 8.53. The number of imidazole rings is 1. The van der Waals surface area contributed by atoms with E-state index >= 15 is 0 Å². The van der Waals surface area contributed by atoms with Crippen LogP contribution in [0.5, 0.6) is 5.75 Å². The Balaban J connectivity index is 1.38. The topological polar surface area (TPSA) is 63.8 Å². The Kier molecular flexibility index (Phi) is 7.12. The second-order valence-corrected chi connectivity index (χ2v) is 11.6. The molecule has 0 saturated carbocycles. The number of aryl methyl sites for hydroxylation is 1. The van der Waals surface area contributed by atoms with Crippen LogP contribution >= 0.6 is 0 Å². The van der Waals surface area contributed by atoms with Gasteiger partial charge in [-0.05, 0) is 94.9 Å². The lowest BCUT2D eigenvalue weighted by atomic mass is 9.93. The first-order chi connectivity index (χ1) is 23.1. The first-order valence-corrected chi connectivity index (χ1v) is 15.6. The molecule has 0 aliphatic heterocycles. The second kappa shape index (κ2) is 11.9. The molecular weight excluding hydrogens is 576 g/mol. The lowest BCUT2D eigenvalue weighted by Crippen LogP contribution is -1.98. The van der Waals surface area contributed by atoms with Crippen LogP contribution in [0.3, 0.4) is 0 Å². The molecule has 5 heteroatoms. The van der Waals surface area contributed by atoms with Crippen molar-refractivity contribution in [2.45, 2.75) is 6.92 Å². The smallest absolute Gasteiger partial charge is 0.168 e. The normalized spacial score (nSPS) is 11.2. The van der Waals surface area contributed by atoms with Crippen molar-refractivity contribution in [3.05, 3.63) is 164 Å². The minimum Gasteiger partial charge on any atom is -0.506 e. The molecule has 8 aromatic rings. The summed E-state index contributed by atoms with van der Waals surface area (Å²) in [6.45, 7) is 2.10. The number of para-hydroxylation sites is 2. The molecule has 8 rings (SSSR count). The van der Waals surface area contributed by atoms with Gasteiger partial charge in [0.15, 0.2) is 5.82 Å². The van der Waals surface area contributed by atoms with Gasteiger partial charge in [0.25, 0.3) is 0 Å². The number of rotatable bonds is 6. The van der Waals surface area contributed by atoms with Crippen molar-refractivity contribution in [3.8, 4) is 67.6 Å². The molecule has 47 heavy (non-hydrogen) atoms. The first kappa shape index (κ1) is 28.2. The highest BCUT2D eigenvalue weighted by Crippen LogP contribution is 2.39. The molecule has 5 nitrogen and oxygen atoms in total. The van der Waals surface area contributed by atoms with Crippen LogP contribution < -0.4 is 0 Å². The van der Waals surface area contributed by atoms with Crippen LogP contribution in [-0.2, 0) is 0 Å². The minimum absolute atomic E-state index is 0.0783. The van der Waals surface area contributed by atoms with E-state index in [0.717, 1.165) is 66.9 Å². The van der Waals surface area contributed by atoms with Crippen LogP contribution in [0.2, 0.25) is 0 Å². The van der Waals surface area contributed by atoms with Crippen molar-refractivity contribution in [1.82, 2.24) is 19.5 Å². The Hall–Kier alpha value is -6.33. The molecule has 0 unspecified atom stereocenters. The van der Waals surface area contributed by atoms with Crippen LogP contribution in [-0.4, -0.2) is 24.6 Å². The Labute approximate surface area is 273 Å². The molecule has 3 aromatic heterocycles. The largest absolute Gasteiger partial charge is 0.506 e. The predicted octanol–water partition coefficient (Wildman–Crippen LogP) is 10.2. The molecule has 0 fully saturated rings. The molecule has 0 aliphatic rings. The van der Waals surface area contributed by atoms with E-state index < -0.39 is 0 Å². The Morgan fingerprint density at radius 2 is 1.23 bits per heavy atom. The average molecular weight is 607 g/mol. The Morgan fingerprint density at radius 1 is 0.553 bits per heavy atom. The number of benzene rings is 5. The molecule has 0 aliphatic carbocycles. The van der Waals surface area contributed by atoms with Crippen LogP contribution in [0.1, 0.15) is 5.56 Å². The van der Waals surface area contributed by atoms with Gasteiger partial charge in [0.2, 0.25) is 0 Å². The molecule has 0 spiro atoms. The molecule has 0 bridgehead atoms. The summed E-state index contributed by atoms with van der Waals surface area (Å²) in [4.78, 5) is 14.6. The summed E-state index contributed by atoms with van der Waals surface area (Å²) >= 11 is 0. The average Bonchev–Trinajstić information content (AvgIpc) is 3.52. The van der Waals surface area contributed by atoms with Gasteiger partial charge in [0.05, 0.1) is 16.7 Å². The highest BCUT2D eigenvalue weighted by molar-refractivity contribution is 5.97. The summed E-state index contributed by atoms with van der Waals surface area (Å²) in [5.74, 6) is 0.651. The van der Waals surface area contributed by atoms with E-state index in [9.17, 15) is 5.11 Å². The lowest BCUT2D eigenvalue weighted by molar-refractivity contribution is 0.474. The van der Waals surface area contributed by atoms with E-state index in [0.29, 0.717) is 11.5 Å². The van der Waals surface area contributed by atoms with Gasteiger partial charge in [0, 0.05) is 29.2 Å². The fourth-order valence-electron chi connectivity index (χ4n) is 6.24. The van der Waals surface area contributed by atoms with Crippen molar-refractivity contribution in [3.63, 3.8) is 0 Å². The van der Waals surface area contributed by atoms with Gasteiger partial charge in [-0.2, -0.15) is 0 Å². The molecule has 1 N–H and O–H groups in total. The van der Waals surface area contributed by atoms with Gasteiger partial charge < -0.3 is 5.11 Å². The summed E-state index contributed by atoms with van der Waals surface area (Å²) in [5.41, 5.74) is 12.6. The highest BCUT2D eigenvalue weighted by Gasteiger charge is 2.21. The number of fused-ring (bicyclic) bond motifs is 1. The van der Waals surface area contributed by atoms with E-state index in [1.807, 2.05) is 48.7 Å². The molecular formula is C42H30N4O. The number of hydrogen-bond acceptors (Lipinski definition) is 4. The van der Waals surface area contributed by atoms with E-state index in [2.05, 4.69) is 107 Å². The van der Waals surface area contributed by atoms with Crippen LogP contribution in [0.4, 0.5) is 0 Å². The summed E-state index contributed by atoms with van der Waals surface area (Å²) < 4.78 is 2.07. The lowest BCUT2D eigenvalue weighted by Gasteiger charge is -2.13. The number of pyridine rings is 2. The zero-order chi connectivity index (χ0) is 31.7. The monoisotopic (exact) mass is 606 g/mol. The van der Waals surface area contributed by atoms with Crippen molar-refractivity contribution >= 4 is 11.0 Å². The molecule has 3 heterocycles. The fraction of sp³-hybridized carbons (Fsp3) is 0.0238. The molecule has 0 radical (unpaired) electrons. The maximum absolute atomic E-state index is 10.9. The summed E-state index contributed by atoms with van der Waals surface area (Å²) in [6, 6.07) is 49.4. The van der Waals surface area contributed by atoms with Gasteiger partial charge >= 0.3 is 0 Å². The summed E-state index contributed by atoms with van der Waals surface area (Å²) in [6.07, 6.45) is 3.64. The van der Waals surface area contributed by atoms with Crippen LogP contribution in [0, 0.1) is 6.92 Å². The van der Waals surface area contributed by atoms with Crippen molar-refractivity contribution in [2.24, 2.45) is 0 Å². The number of nitrogens with zero attached hydrogens (tertiary/aromatic N) is 4. The summed E-state index contributed by atoms with van der Waals surface area (Å²) in [5, 5.41) is 10.9.